The van der Waals surface area contributed by atoms with Crippen molar-refractivity contribution >= 4 is 33.8 Å². The maximum atomic E-state index is 12.5. The molecule has 0 radical (unpaired) electrons. The summed E-state index contributed by atoms with van der Waals surface area (Å²) in [5.41, 5.74) is 2.44. The molecule has 0 aliphatic heterocycles. The molecular formula is C23H31N3O2S. The van der Waals surface area contributed by atoms with Crippen molar-refractivity contribution in [2.45, 2.75) is 65.3 Å². The summed E-state index contributed by atoms with van der Waals surface area (Å²) in [6.07, 6.45) is 8.28. The van der Waals surface area contributed by atoms with E-state index in [-0.39, 0.29) is 17.6 Å². The lowest BCUT2D eigenvalue weighted by Crippen LogP contribution is -2.32. The molecule has 1 fully saturated rings. The van der Waals surface area contributed by atoms with Gasteiger partial charge in [-0.1, -0.05) is 26.2 Å². The van der Waals surface area contributed by atoms with E-state index in [4.69, 9.17) is 0 Å². The van der Waals surface area contributed by atoms with E-state index >= 15 is 0 Å². The van der Waals surface area contributed by atoms with Gasteiger partial charge in [0.05, 0.1) is 12.2 Å². The van der Waals surface area contributed by atoms with Gasteiger partial charge in [0.1, 0.15) is 0 Å². The standard InChI is InChI=1S/C23H31N3O2S/c1-3-4-5-17-6-8-19(9-7-17)22(28)24-14-21-15-29-23(26-21)25-20-12-10-18(11-13-20)16(2)27/h10-13,15,17,19H,3-9,14H2,1-2H3,(H,24,28)(H,25,26). The molecule has 156 valence electrons. The molecule has 1 aromatic carbocycles. The zero-order valence-electron chi connectivity index (χ0n) is 17.4. The minimum Gasteiger partial charge on any atom is -0.350 e. The number of benzene rings is 1. The summed E-state index contributed by atoms with van der Waals surface area (Å²) in [6, 6.07) is 7.35. The van der Waals surface area contributed by atoms with Gasteiger partial charge in [-0.05, 0) is 62.8 Å². The Bertz CT molecular complexity index is 808. The molecule has 0 unspecified atom stereocenters. The van der Waals surface area contributed by atoms with Gasteiger partial charge in [-0.3, -0.25) is 9.59 Å². The molecular weight excluding hydrogens is 382 g/mol. The van der Waals surface area contributed by atoms with Crippen LogP contribution < -0.4 is 10.6 Å². The number of nitrogens with zero attached hydrogens (tertiary/aromatic N) is 1. The average Bonchev–Trinajstić information content (AvgIpc) is 3.18. The lowest BCUT2D eigenvalue weighted by atomic mass is 9.79. The fraction of sp³-hybridized carbons (Fsp3) is 0.522. The fourth-order valence-electron chi connectivity index (χ4n) is 3.89. The molecule has 1 saturated carbocycles. The Hall–Kier alpha value is -2.21. The molecule has 1 heterocycles. The highest BCUT2D eigenvalue weighted by Gasteiger charge is 2.25. The number of amides is 1. The molecule has 6 heteroatoms. The van der Waals surface area contributed by atoms with Gasteiger partial charge in [-0.15, -0.1) is 11.3 Å². The van der Waals surface area contributed by atoms with Gasteiger partial charge in [0.15, 0.2) is 10.9 Å². The van der Waals surface area contributed by atoms with Crippen LogP contribution in [0.5, 0.6) is 0 Å². The SMILES string of the molecule is CCCCC1CCC(C(=O)NCc2csc(Nc3ccc(C(C)=O)cc3)n2)CC1. The van der Waals surface area contributed by atoms with Crippen molar-refractivity contribution in [3.8, 4) is 0 Å². The summed E-state index contributed by atoms with van der Waals surface area (Å²) < 4.78 is 0. The smallest absolute Gasteiger partial charge is 0.223 e. The Kier molecular flexibility index (Phi) is 7.81. The number of hydrogen-bond donors (Lipinski definition) is 2. The Morgan fingerprint density at radius 1 is 1.14 bits per heavy atom. The molecule has 3 rings (SSSR count). The van der Waals surface area contributed by atoms with E-state index < -0.39 is 0 Å². The highest BCUT2D eigenvalue weighted by molar-refractivity contribution is 7.13. The fourth-order valence-corrected chi connectivity index (χ4v) is 4.62. The Morgan fingerprint density at radius 3 is 2.52 bits per heavy atom. The monoisotopic (exact) mass is 413 g/mol. The molecule has 5 nitrogen and oxygen atoms in total. The van der Waals surface area contributed by atoms with Crippen LogP contribution in [-0.4, -0.2) is 16.7 Å². The van der Waals surface area contributed by atoms with Gasteiger partial charge in [-0.25, -0.2) is 4.98 Å². The number of rotatable bonds is 9. The van der Waals surface area contributed by atoms with Crippen molar-refractivity contribution in [1.82, 2.24) is 10.3 Å². The number of carbonyl (C=O) groups is 2. The number of ketones is 1. The molecule has 0 spiro atoms. The molecule has 29 heavy (non-hydrogen) atoms. The summed E-state index contributed by atoms with van der Waals surface area (Å²) in [5, 5.41) is 9.06. The van der Waals surface area contributed by atoms with Crippen LogP contribution in [0.2, 0.25) is 0 Å². The summed E-state index contributed by atoms with van der Waals surface area (Å²) in [6.45, 7) is 4.26. The summed E-state index contributed by atoms with van der Waals surface area (Å²) >= 11 is 1.51. The van der Waals surface area contributed by atoms with Crippen LogP contribution in [-0.2, 0) is 11.3 Å². The summed E-state index contributed by atoms with van der Waals surface area (Å²) in [5.74, 6) is 1.19. The topological polar surface area (TPSA) is 71.1 Å². The van der Waals surface area contributed by atoms with Crippen LogP contribution in [0.15, 0.2) is 29.6 Å². The number of anilines is 2. The number of unbranched alkanes of at least 4 members (excludes halogenated alkanes) is 1. The van der Waals surface area contributed by atoms with Crippen molar-refractivity contribution in [2.75, 3.05) is 5.32 Å². The molecule has 1 aliphatic rings. The third-order valence-corrected chi connectivity index (χ3v) is 6.53. The Balaban J connectivity index is 1.43. The van der Waals surface area contributed by atoms with Crippen LogP contribution in [0.25, 0.3) is 0 Å². The van der Waals surface area contributed by atoms with Crippen molar-refractivity contribution < 1.29 is 9.59 Å². The van der Waals surface area contributed by atoms with Gasteiger partial charge in [0.2, 0.25) is 5.91 Å². The van der Waals surface area contributed by atoms with E-state index in [1.54, 1.807) is 19.1 Å². The van der Waals surface area contributed by atoms with E-state index in [0.29, 0.717) is 12.1 Å². The number of thiazole rings is 1. The number of nitrogens with one attached hydrogen (secondary N) is 2. The quantitative estimate of drug-likeness (QED) is 0.517. The lowest BCUT2D eigenvalue weighted by molar-refractivity contribution is -0.126. The molecule has 2 N–H and O–H groups in total. The highest BCUT2D eigenvalue weighted by Crippen LogP contribution is 2.32. The van der Waals surface area contributed by atoms with Gasteiger partial charge in [-0.2, -0.15) is 0 Å². The molecule has 0 atom stereocenters. The average molecular weight is 414 g/mol. The van der Waals surface area contributed by atoms with Gasteiger partial charge in [0.25, 0.3) is 0 Å². The minimum atomic E-state index is 0.0540. The number of Topliss-reactive ketones (excluding diaryl/α,β-unsaturated/α-hetero) is 1. The Labute approximate surface area is 177 Å². The number of hydrogen-bond acceptors (Lipinski definition) is 5. The summed E-state index contributed by atoms with van der Waals surface area (Å²) in [4.78, 5) is 28.4. The highest BCUT2D eigenvalue weighted by atomic mass is 32.1. The largest absolute Gasteiger partial charge is 0.350 e. The zero-order chi connectivity index (χ0) is 20.6. The third-order valence-electron chi connectivity index (χ3n) is 5.72. The van der Waals surface area contributed by atoms with Crippen LogP contribution in [0.1, 0.15) is 74.8 Å². The second kappa shape index (κ2) is 10.5. The maximum Gasteiger partial charge on any atom is 0.223 e. The molecule has 0 bridgehead atoms. The van der Waals surface area contributed by atoms with E-state index in [1.807, 2.05) is 17.5 Å². The number of aromatic nitrogens is 1. The van der Waals surface area contributed by atoms with Crippen LogP contribution in [0.3, 0.4) is 0 Å². The van der Waals surface area contributed by atoms with Gasteiger partial charge < -0.3 is 10.6 Å². The van der Waals surface area contributed by atoms with Gasteiger partial charge >= 0.3 is 0 Å². The first-order chi connectivity index (χ1) is 14.0. The second-order valence-corrected chi connectivity index (χ2v) is 8.84. The second-order valence-electron chi connectivity index (χ2n) is 7.98. The van der Waals surface area contributed by atoms with E-state index in [1.165, 1.54) is 43.4 Å². The first-order valence-corrected chi connectivity index (χ1v) is 11.5. The first kappa shape index (κ1) is 21.5. The third kappa shape index (κ3) is 6.39. The van der Waals surface area contributed by atoms with Crippen LogP contribution in [0.4, 0.5) is 10.8 Å². The van der Waals surface area contributed by atoms with Crippen LogP contribution >= 0.6 is 11.3 Å². The predicted octanol–water partition coefficient (Wildman–Crippen LogP) is 5.70. The molecule has 0 saturated heterocycles. The van der Waals surface area contributed by atoms with E-state index in [9.17, 15) is 9.59 Å². The maximum absolute atomic E-state index is 12.5. The first-order valence-electron chi connectivity index (χ1n) is 10.6. The van der Waals surface area contributed by atoms with Crippen molar-refractivity contribution in [2.24, 2.45) is 11.8 Å². The van der Waals surface area contributed by atoms with Crippen molar-refractivity contribution in [1.29, 1.82) is 0 Å². The minimum absolute atomic E-state index is 0.0540. The molecule has 1 aliphatic carbocycles. The normalized spacial score (nSPS) is 19.0. The number of carbonyl (C=O) groups excluding carboxylic acids is 2. The summed E-state index contributed by atoms with van der Waals surface area (Å²) in [7, 11) is 0. The molecule has 1 aromatic heterocycles. The predicted molar refractivity (Wildman–Crippen MR) is 119 cm³/mol. The molecule has 1 amide bonds. The van der Waals surface area contributed by atoms with Crippen LogP contribution in [0, 0.1) is 11.8 Å². The van der Waals surface area contributed by atoms with Gasteiger partial charge in [0, 0.05) is 22.5 Å². The lowest BCUT2D eigenvalue weighted by Gasteiger charge is -2.27. The molecule has 2 aromatic rings. The van der Waals surface area contributed by atoms with E-state index in [0.717, 1.165) is 35.3 Å². The zero-order valence-corrected chi connectivity index (χ0v) is 18.2. The van der Waals surface area contributed by atoms with E-state index in [2.05, 4.69) is 22.5 Å². The Morgan fingerprint density at radius 2 is 1.86 bits per heavy atom. The van der Waals surface area contributed by atoms with Crippen molar-refractivity contribution in [3.05, 3.63) is 40.9 Å². The van der Waals surface area contributed by atoms with Crippen molar-refractivity contribution in [3.63, 3.8) is 0 Å².